The second-order valence-corrected chi connectivity index (χ2v) is 7.65. The number of fused-ring (bicyclic) bond motifs is 1. The third kappa shape index (κ3) is 4.44. The largest absolute Gasteiger partial charge is 0.497 e. The Morgan fingerprint density at radius 2 is 1.68 bits per heavy atom. The lowest BCUT2D eigenvalue weighted by Crippen LogP contribution is -2.30. The summed E-state index contributed by atoms with van der Waals surface area (Å²) in [5.41, 5.74) is 1.95. The highest BCUT2D eigenvalue weighted by Gasteiger charge is 2.23. The molecular formula is C23H21N3O4S. The summed E-state index contributed by atoms with van der Waals surface area (Å²) in [7, 11) is 4.72. The maximum Gasteiger partial charge on any atom is 0.260 e. The second kappa shape index (κ2) is 9.01. The number of methoxy groups -OCH3 is 3. The molecule has 0 atom stereocenters. The van der Waals surface area contributed by atoms with Crippen LogP contribution in [0.25, 0.3) is 10.2 Å². The van der Waals surface area contributed by atoms with E-state index in [4.69, 9.17) is 19.2 Å². The monoisotopic (exact) mass is 435 g/mol. The second-order valence-electron chi connectivity index (χ2n) is 6.64. The van der Waals surface area contributed by atoms with Crippen molar-refractivity contribution in [1.29, 1.82) is 0 Å². The van der Waals surface area contributed by atoms with Gasteiger partial charge in [-0.15, -0.1) is 0 Å². The Labute approximate surface area is 183 Å². The van der Waals surface area contributed by atoms with Crippen molar-refractivity contribution in [1.82, 2.24) is 9.97 Å². The molecule has 0 spiro atoms. The minimum atomic E-state index is -0.228. The van der Waals surface area contributed by atoms with Crippen molar-refractivity contribution in [2.45, 2.75) is 6.54 Å². The van der Waals surface area contributed by atoms with Crippen LogP contribution in [0.5, 0.6) is 17.2 Å². The smallest absolute Gasteiger partial charge is 0.260 e. The van der Waals surface area contributed by atoms with Gasteiger partial charge < -0.3 is 14.2 Å². The van der Waals surface area contributed by atoms with Gasteiger partial charge in [-0.2, -0.15) is 0 Å². The average molecular weight is 436 g/mol. The fourth-order valence-electron chi connectivity index (χ4n) is 3.10. The number of pyridine rings is 1. The minimum absolute atomic E-state index is 0.228. The third-order valence-electron chi connectivity index (χ3n) is 4.70. The van der Waals surface area contributed by atoms with Crippen molar-refractivity contribution in [2.24, 2.45) is 0 Å². The summed E-state index contributed by atoms with van der Waals surface area (Å²) in [4.78, 5) is 24.3. The van der Waals surface area contributed by atoms with Crippen LogP contribution in [0.3, 0.4) is 0 Å². The maximum atomic E-state index is 13.6. The van der Waals surface area contributed by atoms with E-state index in [1.165, 1.54) is 11.3 Å². The van der Waals surface area contributed by atoms with Gasteiger partial charge in [-0.25, -0.2) is 4.98 Å². The summed E-state index contributed by atoms with van der Waals surface area (Å²) in [6.45, 7) is 0.274. The lowest BCUT2D eigenvalue weighted by Gasteiger charge is -2.20. The van der Waals surface area contributed by atoms with Gasteiger partial charge in [0.1, 0.15) is 17.2 Å². The van der Waals surface area contributed by atoms with Gasteiger partial charge in [-0.1, -0.05) is 17.4 Å². The van der Waals surface area contributed by atoms with Gasteiger partial charge in [0.05, 0.1) is 43.8 Å². The van der Waals surface area contributed by atoms with Crippen LogP contribution in [0.1, 0.15) is 16.1 Å². The zero-order chi connectivity index (χ0) is 21.8. The average Bonchev–Trinajstić information content (AvgIpc) is 3.25. The molecule has 0 N–H and O–H groups in total. The molecule has 31 heavy (non-hydrogen) atoms. The van der Waals surface area contributed by atoms with Crippen LogP contribution in [0.15, 0.2) is 60.8 Å². The first kappa shape index (κ1) is 20.6. The molecule has 4 aromatic rings. The number of carbonyl (C=O) groups excluding carboxylic acids is 1. The molecule has 4 rings (SSSR count). The van der Waals surface area contributed by atoms with E-state index in [-0.39, 0.29) is 12.5 Å². The lowest BCUT2D eigenvalue weighted by molar-refractivity contribution is 0.0984. The molecule has 0 aliphatic carbocycles. The van der Waals surface area contributed by atoms with Crippen LogP contribution < -0.4 is 19.1 Å². The molecule has 0 saturated carbocycles. The number of benzene rings is 2. The number of aromatic nitrogens is 2. The highest BCUT2D eigenvalue weighted by molar-refractivity contribution is 7.22. The molecule has 7 nitrogen and oxygen atoms in total. The molecule has 0 unspecified atom stereocenters. The zero-order valence-corrected chi connectivity index (χ0v) is 18.2. The molecule has 8 heteroatoms. The Kier molecular flexibility index (Phi) is 5.99. The Morgan fingerprint density at radius 3 is 2.32 bits per heavy atom. The van der Waals surface area contributed by atoms with Crippen molar-refractivity contribution in [3.63, 3.8) is 0 Å². The van der Waals surface area contributed by atoms with E-state index >= 15 is 0 Å². The summed E-state index contributed by atoms with van der Waals surface area (Å²) < 4.78 is 16.9. The zero-order valence-electron chi connectivity index (χ0n) is 17.4. The summed E-state index contributed by atoms with van der Waals surface area (Å²) in [5.74, 6) is 1.56. The summed E-state index contributed by atoms with van der Waals surface area (Å²) >= 11 is 1.43. The topological polar surface area (TPSA) is 73.8 Å². The molecule has 0 aliphatic heterocycles. The number of hydrogen-bond donors (Lipinski definition) is 0. The van der Waals surface area contributed by atoms with Crippen LogP contribution >= 0.6 is 11.3 Å². The van der Waals surface area contributed by atoms with E-state index in [1.54, 1.807) is 50.6 Å². The van der Waals surface area contributed by atoms with Crippen molar-refractivity contribution >= 4 is 32.6 Å². The Morgan fingerprint density at radius 1 is 0.935 bits per heavy atom. The normalized spacial score (nSPS) is 10.7. The Balaban J connectivity index is 1.78. The van der Waals surface area contributed by atoms with Gasteiger partial charge in [0.15, 0.2) is 5.13 Å². The first-order chi connectivity index (χ1) is 15.1. The van der Waals surface area contributed by atoms with E-state index in [0.29, 0.717) is 27.9 Å². The number of nitrogens with zero attached hydrogens (tertiary/aromatic N) is 3. The lowest BCUT2D eigenvalue weighted by atomic mass is 10.1. The Bertz CT molecular complexity index is 1190. The number of ether oxygens (including phenoxy) is 3. The van der Waals surface area contributed by atoms with E-state index in [9.17, 15) is 4.79 Å². The van der Waals surface area contributed by atoms with Crippen LogP contribution in [0, 0.1) is 0 Å². The number of hydrogen-bond acceptors (Lipinski definition) is 7. The number of thiazole rings is 1. The van der Waals surface area contributed by atoms with Crippen molar-refractivity contribution in [2.75, 3.05) is 26.2 Å². The predicted molar refractivity (Wildman–Crippen MR) is 120 cm³/mol. The molecule has 0 bridgehead atoms. The van der Waals surface area contributed by atoms with Crippen LogP contribution in [-0.2, 0) is 6.54 Å². The van der Waals surface area contributed by atoms with Crippen LogP contribution in [0.2, 0.25) is 0 Å². The fourth-order valence-corrected chi connectivity index (χ4v) is 4.05. The van der Waals surface area contributed by atoms with Crippen molar-refractivity contribution in [3.05, 3.63) is 72.1 Å². The molecular weight excluding hydrogens is 414 g/mol. The summed E-state index contributed by atoms with van der Waals surface area (Å²) in [6.07, 6.45) is 1.70. The molecule has 158 valence electrons. The molecule has 1 amide bonds. The summed E-state index contributed by atoms with van der Waals surface area (Å²) in [6, 6.07) is 16.4. The summed E-state index contributed by atoms with van der Waals surface area (Å²) in [5, 5.41) is 0.570. The van der Waals surface area contributed by atoms with Crippen LogP contribution in [0.4, 0.5) is 5.13 Å². The number of anilines is 1. The molecule has 2 aromatic heterocycles. The van der Waals surface area contributed by atoms with E-state index < -0.39 is 0 Å². The van der Waals surface area contributed by atoms with Crippen LogP contribution in [-0.4, -0.2) is 37.2 Å². The fraction of sp³-hybridized carbons (Fsp3) is 0.174. The van der Waals surface area contributed by atoms with Crippen molar-refractivity contribution in [3.8, 4) is 17.2 Å². The van der Waals surface area contributed by atoms with Gasteiger partial charge in [0.25, 0.3) is 5.91 Å². The Hall–Kier alpha value is -3.65. The maximum absolute atomic E-state index is 13.6. The minimum Gasteiger partial charge on any atom is -0.497 e. The number of amides is 1. The number of carbonyl (C=O) groups is 1. The molecule has 0 radical (unpaired) electrons. The SMILES string of the molecule is COc1cc(OC)cc(C(=O)N(Cc2ccccn2)c2nc3cc(OC)ccc3s2)c1. The van der Waals surface area contributed by atoms with Crippen molar-refractivity contribution < 1.29 is 19.0 Å². The molecule has 0 fully saturated rings. The number of rotatable bonds is 7. The standard InChI is InChI=1S/C23H21N3O4S/c1-28-17-7-8-21-20(13-17)25-23(31-21)26(14-16-6-4-5-9-24-16)22(27)15-10-18(29-2)12-19(11-15)30-3/h4-13H,14H2,1-3H3. The predicted octanol–water partition coefficient (Wildman–Crippen LogP) is 4.56. The van der Waals surface area contributed by atoms with E-state index in [2.05, 4.69) is 4.98 Å². The molecule has 0 aliphatic rings. The van der Waals surface area contributed by atoms with Gasteiger partial charge in [0.2, 0.25) is 0 Å². The van der Waals surface area contributed by atoms with Gasteiger partial charge in [0, 0.05) is 23.9 Å². The van der Waals surface area contributed by atoms with E-state index in [1.807, 2.05) is 36.4 Å². The van der Waals surface area contributed by atoms with E-state index in [0.717, 1.165) is 15.9 Å². The highest BCUT2D eigenvalue weighted by Crippen LogP contribution is 2.33. The third-order valence-corrected chi connectivity index (χ3v) is 5.76. The first-order valence-electron chi connectivity index (χ1n) is 9.50. The molecule has 2 heterocycles. The highest BCUT2D eigenvalue weighted by atomic mass is 32.1. The van der Waals surface area contributed by atoms with Gasteiger partial charge >= 0.3 is 0 Å². The molecule has 0 saturated heterocycles. The molecule has 2 aromatic carbocycles. The first-order valence-corrected chi connectivity index (χ1v) is 10.3. The van der Waals surface area contributed by atoms with Gasteiger partial charge in [-0.05, 0) is 36.4 Å². The quantitative estimate of drug-likeness (QED) is 0.424. The van der Waals surface area contributed by atoms with Gasteiger partial charge in [-0.3, -0.25) is 14.7 Å².